The number of hydrogen-bond donors (Lipinski definition) is 2. The summed E-state index contributed by atoms with van der Waals surface area (Å²) >= 11 is 3.28. The summed E-state index contributed by atoms with van der Waals surface area (Å²) in [7, 11) is -2.37. The zero-order chi connectivity index (χ0) is 21.7. The highest BCUT2D eigenvalue weighted by atomic mass is 79.9. The van der Waals surface area contributed by atoms with Gasteiger partial charge < -0.3 is 10.3 Å². The van der Waals surface area contributed by atoms with Gasteiger partial charge in [0.1, 0.15) is 5.82 Å². The number of amides is 1. The number of imidazole rings is 1. The maximum atomic E-state index is 12.7. The van der Waals surface area contributed by atoms with Crippen molar-refractivity contribution in [2.24, 2.45) is 0 Å². The van der Waals surface area contributed by atoms with Crippen LogP contribution >= 0.6 is 15.9 Å². The molecule has 0 aliphatic heterocycles. The first-order chi connectivity index (χ1) is 14.3. The predicted octanol–water partition coefficient (Wildman–Crippen LogP) is 3.73. The Kier molecular flexibility index (Phi) is 7.06. The molecule has 0 saturated carbocycles. The Bertz CT molecular complexity index is 1100. The van der Waals surface area contributed by atoms with Gasteiger partial charge in [-0.15, -0.1) is 0 Å². The third kappa shape index (κ3) is 5.16. The van der Waals surface area contributed by atoms with Crippen molar-refractivity contribution in [1.82, 2.24) is 19.6 Å². The third-order valence-corrected chi connectivity index (χ3v) is 6.99. The number of likely N-dealkylation sites (N-methyl/N-ethyl adjacent to an activating group) is 1. The quantitative estimate of drug-likeness (QED) is 0.502. The summed E-state index contributed by atoms with van der Waals surface area (Å²) in [5, 5.41) is 2.87. The zero-order valence-electron chi connectivity index (χ0n) is 16.7. The van der Waals surface area contributed by atoms with Crippen molar-refractivity contribution < 1.29 is 13.2 Å². The number of hydrogen-bond acceptors (Lipinski definition) is 4. The first-order valence-corrected chi connectivity index (χ1v) is 11.7. The van der Waals surface area contributed by atoms with Gasteiger partial charge in [-0.2, -0.15) is 4.31 Å². The number of H-pyrrole nitrogens is 1. The Labute approximate surface area is 184 Å². The number of sulfonamides is 1. The predicted molar refractivity (Wildman–Crippen MR) is 119 cm³/mol. The van der Waals surface area contributed by atoms with Crippen LogP contribution in [0.25, 0.3) is 11.3 Å². The van der Waals surface area contributed by atoms with Crippen LogP contribution < -0.4 is 5.32 Å². The van der Waals surface area contributed by atoms with Gasteiger partial charge in [0, 0.05) is 11.5 Å². The fraction of sp³-hybridized carbons (Fsp3) is 0.238. The number of benzene rings is 2. The van der Waals surface area contributed by atoms with E-state index < -0.39 is 15.9 Å². The van der Waals surface area contributed by atoms with Crippen molar-refractivity contribution in [3.63, 3.8) is 0 Å². The molecule has 3 rings (SSSR count). The minimum absolute atomic E-state index is 0.131. The van der Waals surface area contributed by atoms with Gasteiger partial charge in [-0.05, 0) is 36.2 Å². The first kappa shape index (κ1) is 22.2. The molecule has 1 heterocycles. The maximum Gasteiger partial charge on any atom is 0.243 e. The van der Waals surface area contributed by atoms with Crippen molar-refractivity contribution >= 4 is 31.9 Å². The van der Waals surface area contributed by atoms with Gasteiger partial charge in [0.2, 0.25) is 15.9 Å². The lowest BCUT2D eigenvalue weighted by atomic mass is 10.2. The summed E-state index contributed by atoms with van der Waals surface area (Å²) in [5.41, 5.74) is 1.85. The van der Waals surface area contributed by atoms with Crippen LogP contribution in [0.1, 0.15) is 25.2 Å². The van der Waals surface area contributed by atoms with E-state index >= 15 is 0 Å². The molecule has 0 radical (unpaired) electrons. The molecule has 30 heavy (non-hydrogen) atoms. The lowest BCUT2D eigenvalue weighted by Gasteiger charge is -2.19. The highest BCUT2D eigenvalue weighted by Gasteiger charge is 2.24. The summed E-state index contributed by atoms with van der Waals surface area (Å²) in [5.74, 6) is 0.228. The highest BCUT2D eigenvalue weighted by molar-refractivity contribution is 9.10. The van der Waals surface area contributed by atoms with Gasteiger partial charge in [0.05, 0.1) is 29.4 Å². The molecule has 0 aliphatic rings. The Morgan fingerprint density at radius 3 is 2.47 bits per heavy atom. The van der Waals surface area contributed by atoms with Gasteiger partial charge in [-0.25, -0.2) is 13.4 Å². The maximum absolute atomic E-state index is 12.7. The van der Waals surface area contributed by atoms with Gasteiger partial charge in [0.25, 0.3) is 0 Å². The minimum Gasteiger partial charge on any atom is -0.345 e. The van der Waals surface area contributed by atoms with E-state index in [9.17, 15) is 13.2 Å². The summed E-state index contributed by atoms with van der Waals surface area (Å²) < 4.78 is 27.2. The smallest absolute Gasteiger partial charge is 0.243 e. The molecule has 0 aliphatic carbocycles. The standard InChI is InChI=1S/C21H23BrN4O3S/c1-3-18(21-23-13-19(25-21)15-7-5-4-6-8-15)24-20(27)14-26(2)30(28,29)17-11-9-16(22)10-12-17/h4-13,18H,3,14H2,1-2H3,(H,23,25)(H,24,27). The number of aromatic nitrogens is 2. The average Bonchev–Trinajstić information content (AvgIpc) is 3.23. The monoisotopic (exact) mass is 490 g/mol. The molecule has 0 spiro atoms. The summed E-state index contributed by atoms with van der Waals surface area (Å²) in [6, 6.07) is 15.7. The summed E-state index contributed by atoms with van der Waals surface area (Å²) in [6.07, 6.45) is 2.33. The molecule has 1 aromatic heterocycles. The van der Waals surface area contributed by atoms with Crippen LogP contribution in [0.5, 0.6) is 0 Å². The summed E-state index contributed by atoms with van der Waals surface area (Å²) in [4.78, 5) is 20.3. The van der Waals surface area contributed by atoms with Crippen LogP contribution in [-0.2, 0) is 14.8 Å². The average molecular weight is 491 g/mol. The van der Waals surface area contributed by atoms with Crippen molar-refractivity contribution in [2.45, 2.75) is 24.3 Å². The number of halogens is 1. The van der Waals surface area contributed by atoms with Crippen molar-refractivity contribution in [1.29, 1.82) is 0 Å². The molecular formula is C21H23BrN4O3S. The minimum atomic E-state index is -3.76. The van der Waals surface area contributed by atoms with Gasteiger partial charge >= 0.3 is 0 Å². The Morgan fingerprint density at radius 1 is 1.17 bits per heavy atom. The number of carbonyl (C=O) groups is 1. The first-order valence-electron chi connectivity index (χ1n) is 9.43. The van der Waals surface area contributed by atoms with Gasteiger partial charge in [-0.1, -0.05) is 53.2 Å². The van der Waals surface area contributed by atoms with E-state index in [1.165, 1.54) is 19.2 Å². The molecule has 3 aromatic rings. The fourth-order valence-electron chi connectivity index (χ4n) is 2.96. The lowest BCUT2D eigenvalue weighted by Crippen LogP contribution is -2.40. The van der Waals surface area contributed by atoms with Crippen LogP contribution in [0, 0.1) is 0 Å². The molecule has 158 valence electrons. The number of carbonyl (C=O) groups excluding carboxylic acids is 1. The van der Waals surface area contributed by atoms with Crippen molar-refractivity contribution in [3.05, 3.63) is 71.1 Å². The fourth-order valence-corrected chi connectivity index (χ4v) is 4.35. The molecule has 2 N–H and O–H groups in total. The van der Waals surface area contributed by atoms with E-state index in [2.05, 4.69) is 31.2 Å². The Morgan fingerprint density at radius 2 is 1.83 bits per heavy atom. The molecular weight excluding hydrogens is 468 g/mol. The zero-order valence-corrected chi connectivity index (χ0v) is 19.1. The summed E-state index contributed by atoms with van der Waals surface area (Å²) in [6.45, 7) is 1.64. The molecule has 0 fully saturated rings. The molecule has 9 heteroatoms. The van der Waals surface area contributed by atoms with E-state index in [0.29, 0.717) is 12.2 Å². The second kappa shape index (κ2) is 9.55. The van der Waals surface area contributed by atoms with E-state index in [-0.39, 0.29) is 17.5 Å². The molecule has 0 saturated heterocycles. The molecule has 1 amide bonds. The van der Waals surface area contributed by atoms with Crippen molar-refractivity contribution in [3.8, 4) is 11.3 Å². The number of nitrogens with zero attached hydrogens (tertiary/aromatic N) is 2. The van der Waals surface area contributed by atoms with E-state index in [1.807, 2.05) is 37.3 Å². The molecule has 1 unspecified atom stereocenters. The van der Waals surface area contributed by atoms with Crippen molar-refractivity contribution in [2.75, 3.05) is 13.6 Å². The lowest BCUT2D eigenvalue weighted by molar-refractivity contribution is -0.122. The van der Waals surface area contributed by atoms with Crippen LogP contribution in [0.2, 0.25) is 0 Å². The van der Waals surface area contributed by atoms with Crippen LogP contribution in [0.4, 0.5) is 0 Å². The Balaban J connectivity index is 1.67. The highest BCUT2D eigenvalue weighted by Crippen LogP contribution is 2.21. The SMILES string of the molecule is CCC(NC(=O)CN(C)S(=O)(=O)c1ccc(Br)cc1)c1ncc(-c2ccccc2)[nH]1. The van der Waals surface area contributed by atoms with Crippen LogP contribution in [0.3, 0.4) is 0 Å². The third-order valence-electron chi connectivity index (χ3n) is 4.64. The number of rotatable bonds is 8. The normalized spacial score (nSPS) is 12.7. The second-order valence-electron chi connectivity index (χ2n) is 6.79. The van der Waals surface area contributed by atoms with Gasteiger partial charge in [0.15, 0.2) is 0 Å². The number of nitrogens with one attached hydrogen (secondary N) is 2. The van der Waals surface area contributed by atoms with E-state index in [1.54, 1.807) is 18.3 Å². The molecule has 7 nitrogen and oxygen atoms in total. The van der Waals surface area contributed by atoms with Crippen LogP contribution in [-0.4, -0.2) is 42.2 Å². The number of aromatic amines is 1. The molecule has 2 aromatic carbocycles. The van der Waals surface area contributed by atoms with Gasteiger partial charge in [-0.3, -0.25) is 4.79 Å². The van der Waals surface area contributed by atoms with Crippen LogP contribution in [0.15, 0.2) is 70.2 Å². The molecule has 0 bridgehead atoms. The largest absolute Gasteiger partial charge is 0.345 e. The topological polar surface area (TPSA) is 95.2 Å². The van der Waals surface area contributed by atoms with E-state index in [4.69, 9.17) is 0 Å². The second-order valence-corrected chi connectivity index (χ2v) is 9.75. The Hall–Kier alpha value is -2.49. The molecule has 1 atom stereocenters. The van der Waals surface area contributed by atoms with E-state index in [0.717, 1.165) is 20.0 Å².